The van der Waals surface area contributed by atoms with Gasteiger partial charge in [0.1, 0.15) is 0 Å². The Balaban J connectivity index is 1.83. The molecule has 0 unspecified atom stereocenters. The van der Waals surface area contributed by atoms with Crippen molar-refractivity contribution >= 4 is 17.6 Å². The Morgan fingerprint density at radius 2 is 1.71 bits per heavy atom. The molecule has 3 aromatic rings. The second-order valence-electron chi connectivity index (χ2n) is 7.13. The molecule has 28 heavy (non-hydrogen) atoms. The van der Waals surface area contributed by atoms with E-state index < -0.39 is 5.97 Å². The second-order valence-corrected chi connectivity index (χ2v) is 7.57. The maximum absolute atomic E-state index is 11.9. The zero-order valence-electron chi connectivity index (χ0n) is 16.4. The third kappa shape index (κ3) is 4.46. The highest BCUT2D eigenvalue weighted by molar-refractivity contribution is 6.30. The van der Waals surface area contributed by atoms with E-state index in [1.54, 1.807) is 0 Å². The lowest BCUT2D eigenvalue weighted by molar-refractivity contribution is 0.0694. The highest BCUT2D eigenvalue weighted by atomic mass is 35.5. The first kappa shape index (κ1) is 20.2. The standard InChI is InChI=1S/C23H25ClN2O2/c1-15-5-4-6-19(11-15)12-25-13-21-16(2)26(17(3)22(21)23(27)28)14-18-7-9-20(24)10-8-18/h4-11,25H,12-14H2,1-3H3,(H,27,28). The number of rotatable bonds is 7. The number of halogens is 1. The molecule has 2 aromatic carbocycles. The molecule has 0 aliphatic carbocycles. The van der Waals surface area contributed by atoms with E-state index in [9.17, 15) is 9.90 Å². The van der Waals surface area contributed by atoms with Gasteiger partial charge >= 0.3 is 5.97 Å². The Bertz CT molecular complexity index is 991. The van der Waals surface area contributed by atoms with Crippen LogP contribution in [0.2, 0.25) is 5.02 Å². The Morgan fingerprint density at radius 3 is 2.36 bits per heavy atom. The van der Waals surface area contributed by atoms with Gasteiger partial charge in [-0.1, -0.05) is 53.6 Å². The number of carboxylic acid groups (broad SMARTS) is 1. The van der Waals surface area contributed by atoms with Crippen LogP contribution in [0.4, 0.5) is 0 Å². The highest BCUT2D eigenvalue weighted by Crippen LogP contribution is 2.24. The van der Waals surface area contributed by atoms with Crippen LogP contribution in [-0.4, -0.2) is 15.6 Å². The van der Waals surface area contributed by atoms with Crippen LogP contribution in [0.3, 0.4) is 0 Å². The molecule has 0 aliphatic heterocycles. The summed E-state index contributed by atoms with van der Waals surface area (Å²) >= 11 is 5.97. The van der Waals surface area contributed by atoms with Gasteiger partial charge in [0.15, 0.2) is 0 Å². The summed E-state index contributed by atoms with van der Waals surface area (Å²) in [6, 6.07) is 16.0. The molecule has 0 saturated carbocycles. The summed E-state index contributed by atoms with van der Waals surface area (Å²) in [6.45, 7) is 7.75. The van der Waals surface area contributed by atoms with E-state index in [0.717, 1.165) is 22.5 Å². The van der Waals surface area contributed by atoms with Crippen molar-refractivity contribution in [2.45, 2.75) is 40.4 Å². The smallest absolute Gasteiger partial charge is 0.337 e. The molecule has 1 heterocycles. The fourth-order valence-corrected chi connectivity index (χ4v) is 3.74. The normalized spacial score (nSPS) is 11.0. The molecule has 4 nitrogen and oxygen atoms in total. The number of hydrogen-bond donors (Lipinski definition) is 2. The van der Waals surface area contributed by atoms with Gasteiger partial charge in [-0.25, -0.2) is 4.79 Å². The van der Waals surface area contributed by atoms with E-state index >= 15 is 0 Å². The van der Waals surface area contributed by atoms with Gasteiger partial charge in [-0.2, -0.15) is 0 Å². The molecule has 2 N–H and O–H groups in total. The average Bonchev–Trinajstić information content (AvgIpc) is 2.88. The molecule has 0 saturated heterocycles. The van der Waals surface area contributed by atoms with Crippen molar-refractivity contribution in [3.8, 4) is 0 Å². The molecule has 0 amide bonds. The quantitative estimate of drug-likeness (QED) is 0.584. The summed E-state index contributed by atoms with van der Waals surface area (Å²) in [5.74, 6) is -0.886. The molecular weight excluding hydrogens is 372 g/mol. The van der Waals surface area contributed by atoms with Gasteiger partial charge in [-0.05, 0) is 44.0 Å². The number of benzene rings is 2. The van der Waals surface area contributed by atoms with Gasteiger partial charge in [0.2, 0.25) is 0 Å². The maximum Gasteiger partial charge on any atom is 0.337 e. The third-order valence-corrected chi connectivity index (χ3v) is 5.34. The minimum Gasteiger partial charge on any atom is -0.478 e. The van der Waals surface area contributed by atoms with E-state index in [0.29, 0.717) is 30.2 Å². The highest BCUT2D eigenvalue weighted by Gasteiger charge is 2.22. The number of hydrogen-bond acceptors (Lipinski definition) is 2. The lowest BCUT2D eigenvalue weighted by Crippen LogP contribution is -2.15. The predicted molar refractivity (Wildman–Crippen MR) is 113 cm³/mol. The zero-order chi connectivity index (χ0) is 20.3. The van der Waals surface area contributed by atoms with Crippen LogP contribution in [-0.2, 0) is 19.6 Å². The maximum atomic E-state index is 11.9. The van der Waals surface area contributed by atoms with E-state index in [4.69, 9.17) is 11.6 Å². The number of aromatic nitrogens is 1. The van der Waals surface area contributed by atoms with Crippen molar-refractivity contribution in [2.24, 2.45) is 0 Å². The summed E-state index contributed by atoms with van der Waals surface area (Å²) in [5.41, 5.74) is 6.46. The van der Waals surface area contributed by atoms with Crippen LogP contribution in [0.25, 0.3) is 0 Å². The van der Waals surface area contributed by atoms with Crippen molar-refractivity contribution in [2.75, 3.05) is 0 Å². The van der Waals surface area contributed by atoms with E-state index in [-0.39, 0.29) is 0 Å². The largest absolute Gasteiger partial charge is 0.478 e. The number of nitrogens with zero attached hydrogens (tertiary/aromatic N) is 1. The van der Waals surface area contributed by atoms with Gasteiger partial charge in [-0.3, -0.25) is 0 Å². The summed E-state index contributed by atoms with van der Waals surface area (Å²) in [4.78, 5) is 11.9. The molecule has 5 heteroatoms. The minimum absolute atomic E-state index is 0.392. The van der Waals surface area contributed by atoms with E-state index in [1.807, 2.05) is 44.2 Å². The van der Waals surface area contributed by atoms with Crippen LogP contribution < -0.4 is 5.32 Å². The summed E-state index contributed by atoms with van der Waals surface area (Å²) in [5, 5.41) is 13.9. The van der Waals surface area contributed by atoms with Gasteiger partial charge in [-0.15, -0.1) is 0 Å². The van der Waals surface area contributed by atoms with Gasteiger partial charge in [0, 0.05) is 41.6 Å². The Labute approximate surface area is 170 Å². The Kier molecular flexibility index (Phi) is 6.22. The van der Waals surface area contributed by atoms with Crippen LogP contribution in [0.1, 0.15) is 44.0 Å². The van der Waals surface area contributed by atoms with Crippen molar-refractivity contribution in [3.05, 3.63) is 92.8 Å². The van der Waals surface area contributed by atoms with Crippen molar-refractivity contribution in [3.63, 3.8) is 0 Å². The summed E-state index contributed by atoms with van der Waals surface area (Å²) in [6.07, 6.45) is 0. The number of carbonyl (C=O) groups is 1. The number of nitrogens with one attached hydrogen (secondary N) is 1. The molecule has 0 fully saturated rings. The predicted octanol–water partition coefficient (Wildman–Crippen LogP) is 5.10. The first-order chi connectivity index (χ1) is 13.4. The summed E-state index contributed by atoms with van der Waals surface area (Å²) in [7, 11) is 0. The minimum atomic E-state index is -0.886. The van der Waals surface area contributed by atoms with Crippen molar-refractivity contribution in [1.29, 1.82) is 0 Å². The van der Waals surface area contributed by atoms with Crippen LogP contribution in [0.5, 0.6) is 0 Å². The number of carboxylic acids is 1. The Hall–Kier alpha value is -2.56. The Morgan fingerprint density at radius 1 is 1.00 bits per heavy atom. The van der Waals surface area contributed by atoms with E-state index in [2.05, 4.69) is 35.0 Å². The second kappa shape index (κ2) is 8.63. The zero-order valence-corrected chi connectivity index (χ0v) is 17.2. The van der Waals surface area contributed by atoms with Crippen molar-refractivity contribution < 1.29 is 9.90 Å². The lowest BCUT2D eigenvalue weighted by Gasteiger charge is -2.11. The molecule has 0 spiro atoms. The lowest BCUT2D eigenvalue weighted by atomic mass is 10.1. The van der Waals surface area contributed by atoms with Gasteiger partial charge < -0.3 is 15.0 Å². The SMILES string of the molecule is Cc1cccc(CNCc2c(C(=O)O)c(C)n(Cc3ccc(Cl)cc3)c2C)c1. The topological polar surface area (TPSA) is 54.3 Å². The fourth-order valence-electron chi connectivity index (χ4n) is 3.61. The molecule has 3 rings (SSSR count). The first-order valence-electron chi connectivity index (χ1n) is 9.29. The molecular formula is C23H25ClN2O2. The molecule has 1 aromatic heterocycles. The molecule has 0 aliphatic rings. The molecule has 0 bridgehead atoms. The van der Waals surface area contributed by atoms with Crippen LogP contribution >= 0.6 is 11.6 Å². The monoisotopic (exact) mass is 396 g/mol. The third-order valence-electron chi connectivity index (χ3n) is 5.09. The van der Waals surface area contributed by atoms with Gasteiger partial charge in [0.25, 0.3) is 0 Å². The van der Waals surface area contributed by atoms with Crippen LogP contribution in [0, 0.1) is 20.8 Å². The fraction of sp³-hybridized carbons (Fsp3) is 0.261. The number of aryl methyl sites for hydroxylation is 1. The molecule has 0 atom stereocenters. The van der Waals surface area contributed by atoms with Crippen LogP contribution in [0.15, 0.2) is 48.5 Å². The van der Waals surface area contributed by atoms with E-state index in [1.165, 1.54) is 11.1 Å². The molecule has 0 radical (unpaired) electrons. The first-order valence-corrected chi connectivity index (χ1v) is 9.67. The summed E-state index contributed by atoms with van der Waals surface area (Å²) < 4.78 is 2.07. The van der Waals surface area contributed by atoms with Gasteiger partial charge in [0.05, 0.1) is 5.56 Å². The average molecular weight is 397 g/mol. The molecule has 146 valence electrons. The number of aromatic carboxylic acids is 1. The van der Waals surface area contributed by atoms with Crippen molar-refractivity contribution in [1.82, 2.24) is 9.88 Å².